The van der Waals surface area contributed by atoms with Crippen LogP contribution in [0.25, 0.3) is 0 Å². The molecule has 2 nitrogen and oxygen atoms in total. The Balaban J connectivity index is 1.73. The summed E-state index contributed by atoms with van der Waals surface area (Å²) in [7, 11) is 0. The van der Waals surface area contributed by atoms with Crippen molar-refractivity contribution in [2.45, 2.75) is 56.3 Å². The van der Waals surface area contributed by atoms with E-state index in [4.69, 9.17) is 23.2 Å². The second kappa shape index (κ2) is 4.56. The third kappa shape index (κ3) is 2.16. The number of hydrogen-bond donors (Lipinski definition) is 1. The van der Waals surface area contributed by atoms with Crippen LogP contribution in [0.2, 0.25) is 0 Å². The van der Waals surface area contributed by atoms with Crippen molar-refractivity contribution in [1.29, 1.82) is 0 Å². The van der Waals surface area contributed by atoms with Gasteiger partial charge in [0.15, 0.2) is 4.84 Å². The molecule has 1 unspecified atom stereocenters. The number of carbonyl (C=O) groups excluding carboxylic acids is 1. The van der Waals surface area contributed by atoms with E-state index in [9.17, 15) is 4.79 Å². The molecule has 18 heavy (non-hydrogen) atoms. The van der Waals surface area contributed by atoms with E-state index in [0.29, 0.717) is 5.41 Å². The Hall–Kier alpha value is 0.0500. The van der Waals surface area contributed by atoms with Gasteiger partial charge >= 0.3 is 0 Å². The first kappa shape index (κ1) is 13.1. The Morgan fingerprint density at radius 3 is 1.94 bits per heavy atom. The first-order chi connectivity index (χ1) is 8.48. The maximum absolute atomic E-state index is 11.7. The van der Waals surface area contributed by atoms with Gasteiger partial charge < -0.3 is 5.32 Å². The summed E-state index contributed by atoms with van der Waals surface area (Å²) in [6.07, 6.45) is 8.13. The molecule has 4 heteroatoms. The fraction of sp³-hybridized carbons (Fsp3) is 0.929. The zero-order valence-electron chi connectivity index (χ0n) is 10.8. The molecule has 0 heterocycles. The van der Waals surface area contributed by atoms with E-state index >= 15 is 0 Å². The molecule has 4 fully saturated rings. The highest BCUT2D eigenvalue weighted by atomic mass is 35.5. The first-order valence-electron chi connectivity index (χ1n) is 7.07. The van der Waals surface area contributed by atoms with Crippen molar-refractivity contribution in [3.63, 3.8) is 0 Å². The molecule has 4 bridgehead atoms. The molecule has 0 spiro atoms. The van der Waals surface area contributed by atoms with Gasteiger partial charge in [0.2, 0.25) is 0 Å². The molecule has 0 aromatic carbocycles. The third-order valence-corrected chi connectivity index (χ3v) is 5.96. The summed E-state index contributed by atoms with van der Waals surface area (Å²) >= 11 is 11.3. The fourth-order valence-electron chi connectivity index (χ4n) is 5.14. The molecule has 1 atom stereocenters. The van der Waals surface area contributed by atoms with Crippen LogP contribution in [0.4, 0.5) is 0 Å². The summed E-state index contributed by atoms with van der Waals surface area (Å²) in [5, 5.41) is 3.03. The predicted octanol–water partition coefficient (Wildman–Crippen LogP) is 3.51. The van der Waals surface area contributed by atoms with Gasteiger partial charge in [-0.25, -0.2) is 0 Å². The van der Waals surface area contributed by atoms with Gasteiger partial charge in [-0.1, -0.05) is 23.2 Å². The molecule has 102 valence electrons. The zero-order valence-corrected chi connectivity index (χ0v) is 12.3. The molecule has 4 aliphatic carbocycles. The number of nitrogens with one attached hydrogen (secondary N) is 1. The Bertz CT molecular complexity index is 320. The average molecular weight is 290 g/mol. The maximum Gasteiger partial charge on any atom is 0.253 e. The molecule has 4 rings (SSSR count). The number of alkyl halides is 2. The van der Waals surface area contributed by atoms with Gasteiger partial charge in [-0.3, -0.25) is 4.79 Å². The van der Waals surface area contributed by atoms with Gasteiger partial charge in [0.05, 0.1) is 0 Å². The van der Waals surface area contributed by atoms with Crippen LogP contribution in [0.3, 0.4) is 0 Å². The van der Waals surface area contributed by atoms with Crippen molar-refractivity contribution in [3.8, 4) is 0 Å². The van der Waals surface area contributed by atoms with E-state index in [1.165, 1.54) is 38.5 Å². The van der Waals surface area contributed by atoms with Crippen molar-refractivity contribution in [2.75, 3.05) is 0 Å². The van der Waals surface area contributed by atoms with Gasteiger partial charge in [0.1, 0.15) is 0 Å². The SMILES string of the molecule is CC(NC(=O)C(Cl)Cl)C12CC3CC(CC(C3)C1)C2. The van der Waals surface area contributed by atoms with Crippen LogP contribution >= 0.6 is 23.2 Å². The van der Waals surface area contributed by atoms with E-state index in [1.807, 2.05) is 0 Å². The molecule has 0 aromatic heterocycles. The molecular weight excluding hydrogens is 269 g/mol. The van der Waals surface area contributed by atoms with Gasteiger partial charge in [0.25, 0.3) is 5.91 Å². The largest absolute Gasteiger partial charge is 0.351 e. The van der Waals surface area contributed by atoms with Crippen LogP contribution in [0, 0.1) is 23.2 Å². The monoisotopic (exact) mass is 289 g/mol. The van der Waals surface area contributed by atoms with Gasteiger partial charge in [-0.2, -0.15) is 0 Å². The molecular formula is C14H21Cl2NO. The van der Waals surface area contributed by atoms with Crippen LogP contribution in [0.5, 0.6) is 0 Å². The smallest absolute Gasteiger partial charge is 0.253 e. The lowest BCUT2D eigenvalue weighted by molar-refractivity contribution is -0.124. The molecule has 0 saturated heterocycles. The summed E-state index contributed by atoms with van der Waals surface area (Å²) < 4.78 is 0. The van der Waals surface area contributed by atoms with Crippen molar-refractivity contribution in [1.82, 2.24) is 5.32 Å². The quantitative estimate of drug-likeness (QED) is 0.792. The fourth-order valence-corrected chi connectivity index (χ4v) is 5.26. The van der Waals surface area contributed by atoms with Crippen LogP contribution in [-0.4, -0.2) is 16.8 Å². The zero-order chi connectivity index (χ0) is 12.9. The topological polar surface area (TPSA) is 29.1 Å². The molecule has 1 N–H and O–H groups in total. The van der Waals surface area contributed by atoms with E-state index in [-0.39, 0.29) is 11.9 Å². The third-order valence-electron chi connectivity index (χ3n) is 5.56. The van der Waals surface area contributed by atoms with E-state index in [2.05, 4.69) is 12.2 Å². The van der Waals surface area contributed by atoms with Gasteiger partial charge in [0, 0.05) is 6.04 Å². The van der Waals surface area contributed by atoms with Crippen molar-refractivity contribution in [2.24, 2.45) is 23.2 Å². The molecule has 1 amide bonds. The highest BCUT2D eigenvalue weighted by Gasteiger charge is 2.53. The highest BCUT2D eigenvalue weighted by molar-refractivity contribution is 6.53. The molecule has 0 aromatic rings. The lowest BCUT2D eigenvalue weighted by Crippen LogP contribution is -2.56. The van der Waals surface area contributed by atoms with Gasteiger partial charge in [-0.05, 0) is 68.6 Å². The number of carbonyl (C=O) groups is 1. The second-order valence-electron chi connectivity index (χ2n) is 6.81. The van der Waals surface area contributed by atoms with Crippen molar-refractivity contribution >= 4 is 29.1 Å². The Morgan fingerprint density at radius 1 is 1.11 bits per heavy atom. The van der Waals surface area contributed by atoms with Crippen LogP contribution in [0.1, 0.15) is 45.4 Å². The molecule has 4 saturated carbocycles. The Kier molecular flexibility index (Phi) is 3.30. The molecule has 0 radical (unpaired) electrons. The van der Waals surface area contributed by atoms with Crippen molar-refractivity contribution < 1.29 is 4.79 Å². The number of amides is 1. The lowest BCUT2D eigenvalue weighted by atomic mass is 9.48. The minimum atomic E-state index is -0.943. The first-order valence-corrected chi connectivity index (χ1v) is 7.94. The standard InChI is InChI=1S/C14H21Cl2NO/c1-8(17-13(18)12(15)16)14-5-9-2-10(6-14)4-11(3-9)7-14/h8-12H,2-7H2,1H3,(H,17,18). The normalized spacial score (nSPS) is 43.2. The van der Waals surface area contributed by atoms with E-state index in [1.54, 1.807) is 0 Å². The number of hydrogen-bond acceptors (Lipinski definition) is 1. The van der Waals surface area contributed by atoms with E-state index in [0.717, 1.165) is 17.8 Å². The Labute approximate surface area is 119 Å². The minimum absolute atomic E-state index is 0.207. The number of halogens is 2. The summed E-state index contributed by atoms with van der Waals surface area (Å²) in [6.45, 7) is 2.14. The minimum Gasteiger partial charge on any atom is -0.351 e. The van der Waals surface area contributed by atoms with Crippen molar-refractivity contribution in [3.05, 3.63) is 0 Å². The Morgan fingerprint density at radius 2 is 1.56 bits per heavy atom. The average Bonchev–Trinajstić information content (AvgIpc) is 2.26. The van der Waals surface area contributed by atoms with E-state index < -0.39 is 4.84 Å². The predicted molar refractivity (Wildman–Crippen MR) is 73.7 cm³/mol. The molecule has 4 aliphatic rings. The summed E-state index contributed by atoms with van der Waals surface area (Å²) in [4.78, 5) is 10.7. The van der Waals surface area contributed by atoms with Crippen LogP contribution in [-0.2, 0) is 4.79 Å². The summed E-state index contributed by atoms with van der Waals surface area (Å²) in [6, 6.07) is 0.207. The summed E-state index contributed by atoms with van der Waals surface area (Å²) in [5.74, 6) is 2.47. The van der Waals surface area contributed by atoms with Crippen LogP contribution in [0.15, 0.2) is 0 Å². The second-order valence-corrected chi connectivity index (χ2v) is 7.91. The summed E-state index contributed by atoms with van der Waals surface area (Å²) in [5.41, 5.74) is 0.326. The van der Waals surface area contributed by atoms with Gasteiger partial charge in [-0.15, -0.1) is 0 Å². The van der Waals surface area contributed by atoms with Crippen LogP contribution < -0.4 is 5.32 Å². The maximum atomic E-state index is 11.7. The lowest BCUT2D eigenvalue weighted by Gasteiger charge is -2.59. The molecule has 0 aliphatic heterocycles. The highest BCUT2D eigenvalue weighted by Crippen LogP contribution is 2.61. The number of rotatable bonds is 3.